The molecule has 1 aliphatic rings. The van der Waals surface area contributed by atoms with Crippen LogP contribution in [0.15, 0.2) is 22.7 Å². The zero-order valence-corrected chi connectivity index (χ0v) is 12.5. The second kappa shape index (κ2) is 6.39. The summed E-state index contributed by atoms with van der Waals surface area (Å²) in [5, 5.41) is 9.25. The lowest BCUT2D eigenvalue weighted by Gasteiger charge is -2.29. The predicted molar refractivity (Wildman–Crippen MR) is 77.9 cm³/mol. The Hall–Kier alpha value is -1.07. The number of anilines is 1. The van der Waals surface area contributed by atoms with Crippen molar-refractivity contribution >= 4 is 27.6 Å². The number of rotatable bonds is 4. The summed E-state index contributed by atoms with van der Waals surface area (Å²) in [6, 6.07) is 5.26. The number of nitrogens with zero attached hydrogens (tertiary/aromatic N) is 1. The minimum absolute atomic E-state index is 0.345. The third-order valence-electron chi connectivity index (χ3n) is 3.47. The zero-order valence-electron chi connectivity index (χ0n) is 10.9. The van der Waals surface area contributed by atoms with Crippen molar-refractivity contribution in [1.82, 2.24) is 0 Å². The Bertz CT molecular complexity index is 458. The molecule has 0 unspecified atom stereocenters. The van der Waals surface area contributed by atoms with Gasteiger partial charge in [-0.1, -0.05) is 15.9 Å². The summed E-state index contributed by atoms with van der Waals surface area (Å²) >= 11 is 3.40. The van der Waals surface area contributed by atoms with Gasteiger partial charge in [-0.3, -0.25) is 0 Å². The summed E-state index contributed by atoms with van der Waals surface area (Å²) in [5.41, 5.74) is 1.10. The van der Waals surface area contributed by atoms with Crippen LogP contribution in [0.25, 0.3) is 0 Å². The normalized spacial score (nSPS) is 16.3. The van der Waals surface area contributed by atoms with Gasteiger partial charge < -0.3 is 14.7 Å². The highest BCUT2D eigenvalue weighted by Gasteiger charge is 2.19. The summed E-state index contributed by atoms with van der Waals surface area (Å²) in [6.45, 7) is 2.48. The van der Waals surface area contributed by atoms with Crippen molar-refractivity contribution in [2.75, 3.05) is 31.7 Å². The fourth-order valence-corrected chi connectivity index (χ4v) is 2.77. The second-order valence-electron chi connectivity index (χ2n) is 4.90. The largest absolute Gasteiger partial charge is 0.478 e. The summed E-state index contributed by atoms with van der Waals surface area (Å²) in [5.74, 6) is -0.319. The molecule has 0 amide bonds. The highest BCUT2D eigenvalue weighted by atomic mass is 79.9. The first-order chi connectivity index (χ1) is 9.08. The van der Waals surface area contributed by atoms with E-state index in [0.717, 1.165) is 42.8 Å². The Balaban J connectivity index is 2.14. The van der Waals surface area contributed by atoms with Gasteiger partial charge >= 0.3 is 5.97 Å². The molecule has 1 aliphatic heterocycles. The van der Waals surface area contributed by atoms with Crippen LogP contribution in [0.2, 0.25) is 0 Å². The van der Waals surface area contributed by atoms with Crippen molar-refractivity contribution in [2.45, 2.75) is 12.8 Å². The van der Waals surface area contributed by atoms with Gasteiger partial charge in [-0.15, -0.1) is 0 Å². The first-order valence-electron chi connectivity index (χ1n) is 6.39. The number of carboxylic acids is 1. The van der Waals surface area contributed by atoms with E-state index < -0.39 is 5.97 Å². The van der Waals surface area contributed by atoms with Crippen LogP contribution in [0.1, 0.15) is 23.2 Å². The molecule has 0 bridgehead atoms. The van der Waals surface area contributed by atoms with Crippen LogP contribution in [0.3, 0.4) is 0 Å². The molecule has 4 nitrogen and oxygen atoms in total. The molecule has 1 aromatic carbocycles. The van der Waals surface area contributed by atoms with Crippen LogP contribution in [-0.4, -0.2) is 37.9 Å². The number of hydrogen-bond donors (Lipinski definition) is 1. The summed E-state index contributed by atoms with van der Waals surface area (Å²) in [7, 11) is 1.95. The maximum atomic E-state index is 11.3. The Kier molecular flexibility index (Phi) is 4.82. The lowest BCUT2D eigenvalue weighted by Crippen LogP contribution is -2.30. The molecule has 1 fully saturated rings. The van der Waals surface area contributed by atoms with Crippen molar-refractivity contribution < 1.29 is 14.6 Å². The number of ether oxygens (including phenoxy) is 1. The first kappa shape index (κ1) is 14.3. The smallest absolute Gasteiger partial charge is 0.337 e. The standard InChI is InChI=1S/C14H18BrNO3/c1-16(9-10-4-6-19-7-5-10)13-8-11(15)2-3-12(13)14(17)18/h2-3,8,10H,4-7,9H2,1H3,(H,17,18). The number of hydrogen-bond acceptors (Lipinski definition) is 3. The van der Waals surface area contributed by atoms with Crippen molar-refractivity contribution in [3.8, 4) is 0 Å². The molecular weight excluding hydrogens is 310 g/mol. The van der Waals surface area contributed by atoms with Gasteiger partial charge in [-0.2, -0.15) is 0 Å². The van der Waals surface area contributed by atoms with E-state index in [1.54, 1.807) is 12.1 Å². The third-order valence-corrected chi connectivity index (χ3v) is 3.97. The van der Waals surface area contributed by atoms with Gasteiger partial charge in [0.1, 0.15) is 0 Å². The minimum atomic E-state index is -0.888. The molecule has 1 saturated heterocycles. The number of halogens is 1. The number of benzene rings is 1. The molecule has 0 atom stereocenters. The van der Waals surface area contributed by atoms with Crippen LogP contribution in [-0.2, 0) is 4.74 Å². The first-order valence-corrected chi connectivity index (χ1v) is 7.19. The van der Waals surface area contributed by atoms with Crippen molar-refractivity contribution in [3.63, 3.8) is 0 Å². The third kappa shape index (κ3) is 3.70. The average Bonchev–Trinajstić information content (AvgIpc) is 2.39. The number of carboxylic acid groups (broad SMARTS) is 1. The van der Waals surface area contributed by atoms with Gasteiger partial charge in [-0.05, 0) is 37.0 Å². The van der Waals surface area contributed by atoms with Crippen LogP contribution in [0.4, 0.5) is 5.69 Å². The molecule has 1 heterocycles. The van der Waals surface area contributed by atoms with E-state index in [1.165, 1.54) is 0 Å². The molecule has 1 aromatic rings. The Morgan fingerprint density at radius 3 is 2.79 bits per heavy atom. The van der Waals surface area contributed by atoms with Gasteiger partial charge in [0.25, 0.3) is 0 Å². The van der Waals surface area contributed by atoms with E-state index in [4.69, 9.17) is 4.74 Å². The second-order valence-corrected chi connectivity index (χ2v) is 5.82. The maximum Gasteiger partial charge on any atom is 0.337 e. The molecule has 2 rings (SSSR count). The lowest BCUT2D eigenvalue weighted by molar-refractivity contribution is 0.0678. The Labute approximate surface area is 121 Å². The average molecular weight is 328 g/mol. The van der Waals surface area contributed by atoms with E-state index in [0.29, 0.717) is 11.5 Å². The van der Waals surface area contributed by atoms with E-state index in [9.17, 15) is 9.90 Å². The molecule has 104 valence electrons. The van der Waals surface area contributed by atoms with Gasteiger partial charge in [0.15, 0.2) is 0 Å². The predicted octanol–water partition coefficient (Wildman–Crippen LogP) is 3.01. The summed E-state index contributed by atoms with van der Waals surface area (Å²) < 4.78 is 6.24. The Morgan fingerprint density at radius 2 is 2.16 bits per heavy atom. The number of aromatic carboxylic acids is 1. The summed E-state index contributed by atoms with van der Waals surface area (Å²) in [6.07, 6.45) is 2.08. The maximum absolute atomic E-state index is 11.3. The van der Waals surface area contributed by atoms with E-state index in [1.807, 2.05) is 18.0 Å². The Morgan fingerprint density at radius 1 is 1.47 bits per heavy atom. The van der Waals surface area contributed by atoms with Gasteiger partial charge in [0.2, 0.25) is 0 Å². The molecule has 19 heavy (non-hydrogen) atoms. The van der Waals surface area contributed by atoms with E-state index in [2.05, 4.69) is 15.9 Å². The molecule has 0 spiro atoms. The zero-order chi connectivity index (χ0) is 13.8. The molecular formula is C14H18BrNO3. The fourth-order valence-electron chi connectivity index (χ4n) is 2.42. The van der Waals surface area contributed by atoms with E-state index >= 15 is 0 Å². The van der Waals surface area contributed by atoms with Gasteiger partial charge in [0, 0.05) is 31.3 Å². The highest BCUT2D eigenvalue weighted by Crippen LogP contribution is 2.26. The number of carbonyl (C=O) groups is 1. The SMILES string of the molecule is CN(CC1CCOCC1)c1cc(Br)ccc1C(=O)O. The lowest BCUT2D eigenvalue weighted by atomic mass is 9.99. The quantitative estimate of drug-likeness (QED) is 0.923. The van der Waals surface area contributed by atoms with Gasteiger partial charge in [0.05, 0.1) is 11.3 Å². The highest BCUT2D eigenvalue weighted by molar-refractivity contribution is 9.10. The monoisotopic (exact) mass is 327 g/mol. The van der Waals surface area contributed by atoms with Crippen LogP contribution in [0, 0.1) is 5.92 Å². The minimum Gasteiger partial charge on any atom is -0.478 e. The van der Waals surface area contributed by atoms with E-state index in [-0.39, 0.29) is 0 Å². The molecule has 0 aromatic heterocycles. The molecule has 0 aliphatic carbocycles. The summed E-state index contributed by atoms with van der Waals surface area (Å²) in [4.78, 5) is 13.3. The van der Waals surface area contributed by atoms with Crippen molar-refractivity contribution in [3.05, 3.63) is 28.2 Å². The van der Waals surface area contributed by atoms with Crippen LogP contribution >= 0.6 is 15.9 Å². The topological polar surface area (TPSA) is 49.8 Å². The van der Waals surface area contributed by atoms with Crippen LogP contribution < -0.4 is 4.90 Å². The van der Waals surface area contributed by atoms with Crippen molar-refractivity contribution in [1.29, 1.82) is 0 Å². The van der Waals surface area contributed by atoms with Gasteiger partial charge in [-0.25, -0.2) is 4.79 Å². The molecule has 0 radical (unpaired) electrons. The molecule has 1 N–H and O–H groups in total. The van der Waals surface area contributed by atoms with Crippen molar-refractivity contribution in [2.24, 2.45) is 5.92 Å². The van der Waals surface area contributed by atoms with Crippen LogP contribution in [0.5, 0.6) is 0 Å². The fraction of sp³-hybridized carbons (Fsp3) is 0.500. The molecule has 5 heteroatoms. The molecule has 0 saturated carbocycles.